The lowest BCUT2D eigenvalue weighted by molar-refractivity contribution is -0.115. The molecule has 2 aromatic rings. The molecule has 0 saturated carbocycles. The van der Waals surface area contributed by atoms with E-state index in [-0.39, 0.29) is 5.91 Å². The lowest BCUT2D eigenvalue weighted by Crippen LogP contribution is -2.09. The number of amides is 1. The fraction of sp³-hybridized carbons (Fsp3) is 0.312. The van der Waals surface area contributed by atoms with E-state index in [0.29, 0.717) is 18.0 Å². The van der Waals surface area contributed by atoms with Gasteiger partial charge in [-0.2, -0.15) is 0 Å². The molecule has 2 rings (SSSR count). The van der Waals surface area contributed by atoms with Gasteiger partial charge in [0.15, 0.2) is 0 Å². The van der Waals surface area contributed by atoms with Gasteiger partial charge in [-0.1, -0.05) is 18.5 Å². The van der Waals surface area contributed by atoms with Gasteiger partial charge >= 0.3 is 0 Å². The molecule has 0 atom stereocenters. The van der Waals surface area contributed by atoms with Crippen molar-refractivity contribution >= 4 is 28.9 Å². The topological polar surface area (TPSA) is 46.1 Å². The number of carbonyl (C=O) groups excluding carboxylic acids is 1. The number of benzene rings is 1. The molecule has 0 bridgehead atoms. The van der Waals surface area contributed by atoms with Crippen LogP contribution in [0, 0.1) is 0 Å². The normalized spacial score (nSPS) is 10.4. The van der Waals surface area contributed by atoms with E-state index < -0.39 is 0 Å². The standard InChI is InChI=1S/C16H20ClN3O/c1-3-16(21)19-13-5-6-14(17)15(9-13)18-10-12-7-8-20(4-2)11-12/h5-9,11,18H,3-4,10H2,1-2H3,(H,19,21). The zero-order chi connectivity index (χ0) is 15.2. The maximum Gasteiger partial charge on any atom is 0.224 e. The molecular formula is C16H20ClN3O. The summed E-state index contributed by atoms with van der Waals surface area (Å²) in [4.78, 5) is 11.4. The molecule has 1 aromatic heterocycles. The molecule has 5 heteroatoms. The minimum atomic E-state index is -0.0108. The molecule has 21 heavy (non-hydrogen) atoms. The quantitative estimate of drug-likeness (QED) is 0.843. The highest BCUT2D eigenvalue weighted by Crippen LogP contribution is 2.26. The van der Waals surface area contributed by atoms with E-state index >= 15 is 0 Å². The van der Waals surface area contributed by atoms with Crippen LogP contribution in [0.5, 0.6) is 0 Å². The number of nitrogens with zero attached hydrogens (tertiary/aromatic N) is 1. The molecule has 0 aliphatic carbocycles. The first-order valence-electron chi connectivity index (χ1n) is 7.10. The number of halogens is 1. The first-order valence-corrected chi connectivity index (χ1v) is 7.48. The Morgan fingerprint density at radius 2 is 2.10 bits per heavy atom. The van der Waals surface area contributed by atoms with Crippen molar-refractivity contribution in [1.29, 1.82) is 0 Å². The van der Waals surface area contributed by atoms with Gasteiger partial charge in [0.2, 0.25) is 5.91 Å². The Balaban J connectivity index is 2.04. The van der Waals surface area contributed by atoms with Crippen LogP contribution in [-0.4, -0.2) is 10.5 Å². The second-order valence-electron chi connectivity index (χ2n) is 4.80. The molecule has 0 fully saturated rings. The molecule has 0 radical (unpaired) electrons. The largest absolute Gasteiger partial charge is 0.380 e. The van der Waals surface area contributed by atoms with Gasteiger partial charge in [-0.3, -0.25) is 4.79 Å². The van der Waals surface area contributed by atoms with Crippen LogP contribution in [0.4, 0.5) is 11.4 Å². The van der Waals surface area contributed by atoms with Crippen molar-refractivity contribution < 1.29 is 4.79 Å². The lowest BCUT2D eigenvalue weighted by atomic mass is 10.2. The summed E-state index contributed by atoms with van der Waals surface area (Å²) in [6.07, 6.45) is 4.61. The molecule has 112 valence electrons. The van der Waals surface area contributed by atoms with Crippen molar-refractivity contribution in [2.45, 2.75) is 33.4 Å². The predicted octanol–water partition coefficient (Wildman–Crippen LogP) is 4.12. The van der Waals surface area contributed by atoms with E-state index in [1.54, 1.807) is 12.1 Å². The predicted molar refractivity (Wildman–Crippen MR) is 87.8 cm³/mol. The van der Waals surface area contributed by atoms with E-state index in [9.17, 15) is 4.79 Å². The van der Waals surface area contributed by atoms with Gasteiger partial charge in [0.1, 0.15) is 0 Å². The summed E-state index contributed by atoms with van der Waals surface area (Å²) in [5.41, 5.74) is 2.76. The Hall–Kier alpha value is -1.94. The fourth-order valence-corrected chi connectivity index (χ4v) is 2.16. The van der Waals surface area contributed by atoms with Crippen LogP contribution < -0.4 is 10.6 Å². The number of rotatable bonds is 6. The van der Waals surface area contributed by atoms with Crippen LogP contribution in [0.1, 0.15) is 25.8 Å². The molecule has 2 N–H and O–H groups in total. The van der Waals surface area contributed by atoms with Gasteiger partial charge in [-0.05, 0) is 36.8 Å². The first-order chi connectivity index (χ1) is 10.1. The third kappa shape index (κ3) is 4.26. The zero-order valence-corrected chi connectivity index (χ0v) is 13.1. The number of anilines is 2. The monoisotopic (exact) mass is 305 g/mol. The number of aromatic nitrogens is 1. The molecule has 0 aliphatic rings. The molecule has 0 spiro atoms. The highest BCUT2D eigenvalue weighted by atomic mass is 35.5. The summed E-state index contributed by atoms with van der Waals surface area (Å²) in [6.45, 7) is 5.58. The van der Waals surface area contributed by atoms with Gasteiger partial charge in [-0.15, -0.1) is 0 Å². The van der Waals surface area contributed by atoms with Crippen molar-refractivity contribution in [2.24, 2.45) is 0 Å². The second kappa shape index (κ2) is 7.18. The average Bonchev–Trinajstić information content (AvgIpc) is 2.95. The van der Waals surface area contributed by atoms with Crippen molar-refractivity contribution in [1.82, 2.24) is 4.57 Å². The summed E-state index contributed by atoms with van der Waals surface area (Å²) in [7, 11) is 0. The van der Waals surface area contributed by atoms with Crippen molar-refractivity contribution in [3.05, 3.63) is 47.2 Å². The maximum atomic E-state index is 11.4. The van der Waals surface area contributed by atoms with Crippen molar-refractivity contribution in [3.8, 4) is 0 Å². The molecule has 0 aliphatic heterocycles. The van der Waals surface area contributed by atoms with E-state index in [4.69, 9.17) is 11.6 Å². The van der Waals surface area contributed by atoms with Gasteiger partial charge in [-0.25, -0.2) is 0 Å². The number of hydrogen-bond acceptors (Lipinski definition) is 2. The lowest BCUT2D eigenvalue weighted by Gasteiger charge is -2.10. The van der Waals surface area contributed by atoms with Crippen LogP contribution >= 0.6 is 11.6 Å². The third-order valence-corrected chi connectivity index (χ3v) is 3.56. The van der Waals surface area contributed by atoms with E-state index in [1.807, 2.05) is 13.0 Å². The van der Waals surface area contributed by atoms with Gasteiger partial charge in [0.25, 0.3) is 0 Å². The summed E-state index contributed by atoms with van der Waals surface area (Å²) >= 11 is 6.18. The fourth-order valence-electron chi connectivity index (χ4n) is 1.98. The molecule has 4 nitrogen and oxygen atoms in total. The van der Waals surface area contributed by atoms with Crippen LogP contribution in [-0.2, 0) is 17.9 Å². The second-order valence-corrected chi connectivity index (χ2v) is 5.21. The summed E-state index contributed by atoms with van der Waals surface area (Å²) in [5, 5.41) is 6.77. The Kier molecular flexibility index (Phi) is 5.28. The number of carbonyl (C=O) groups is 1. The van der Waals surface area contributed by atoms with E-state index in [2.05, 4.69) is 40.6 Å². The van der Waals surface area contributed by atoms with E-state index in [1.165, 1.54) is 5.56 Å². The Bertz CT molecular complexity index is 622. The van der Waals surface area contributed by atoms with Crippen LogP contribution in [0.25, 0.3) is 0 Å². The summed E-state index contributed by atoms with van der Waals surface area (Å²) < 4.78 is 2.12. The Morgan fingerprint density at radius 1 is 1.29 bits per heavy atom. The van der Waals surface area contributed by atoms with Gasteiger partial charge in [0.05, 0.1) is 10.7 Å². The van der Waals surface area contributed by atoms with Crippen LogP contribution in [0.15, 0.2) is 36.7 Å². The van der Waals surface area contributed by atoms with Crippen LogP contribution in [0.2, 0.25) is 5.02 Å². The number of aryl methyl sites for hydroxylation is 1. The molecule has 1 aromatic carbocycles. The van der Waals surface area contributed by atoms with E-state index in [0.717, 1.165) is 17.9 Å². The maximum absolute atomic E-state index is 11.4. The zero-order valence-electron chi connectivity index (χ0n) is 12.3. The summed E-state index contributed by atoms with van der Waals surface area (Å²) in [5.74, 6) is -0.0108. The van der Waals surface area contributed by atoms with Crippen molar-refractivity contribution in [2.75, 3.05) is 10.6 Å². The third-order valence-electron chi connectivity index (χ3n) is 3.23. The van der Waals surface area contributed by atoms with Crippen LogP contribution in [0.3, 0.4) is 0 Å². The van der Waals surface area contributed by atoms with Crippen molar-refractivity contribution in [3.63, 3.8) is 0 Å². The molecular weight excluding hydrogens is 286 g/mol. The van der Waals surface area contributed by atoms with Gasteiger partial charge in [0, 0.05) is 37.6 Å². The highest BCUT2D eigenvalue weighted by Gasteiger charge is 2.05. The molecule has 0 unspecified atom stereocenters. The SMILES string of the molecule is CCC(=O)Nc1ccc(Cl)c(NCc2ccn(CC)c2)c1. The smallest absolute Gasteiger partial charge is 0.224 e. The minimum absolute atomic E-state index is 0.0108. The highest BCUT2D eigenvalue weighted by molar-refractivity contribution is 6.33. The van der Waals surface area contributed by atoms with Gasteiger partial charge < -0.3 is 15.2 Å². The Morgan fingerprint density at radius 3 is 2.76 bits per heavy atom. The Labute approximate surface area is 130 Å². The first kappa shape index (κ1) is 15.4. The summed E-state index contributed by atoms with van der Waals surface area (Å²) in [6, 6.07) is 7.51. The number of nitrogens with one attached hydrogen (secondary N) is 2. The average molecular weight is 306 g/mol. The molecule has 1 heterocycles. The minimum Gasteiger partial charge on any atom is -0.380 e. The number of hydrogen-bond donors (Lipinski definition) is 2. The molecule has 1 amide bonds. The molecule has 0 saturated heterocycles.